The minimum absolute atomic E-state index is 0.160. The van der Waals surface area contributed by atoms with Crippen molar-refractivity contribution in [3.63, 3.8) is 0 Å². The molecule has 0 bridgehead atoms. The molecule has 25 heavy (non-hydrogen) atoms. The van der Waals surface area contributed by atoms with Crippen molar-refractivity contribution in [3.8, 4) is 6.07 Å². The van der Waals surface area contributed by atoms with Crippen molar-refractivity contribution in [1.82, 2.24) is 9.62 Å². The summed E-state index contributed by atoms with van der Waals surface area (Å²) in [6.07, 6.45) is 8.04. The van der Waals surface area contributed by atoms with Gasteiger partial charge >= 0.3 is 0 Å². The van der Waals surface area contributed by atoms with Crippen LogP contribution in [0.25, 0.3) is 0 Å². The van der Waals surface area contributed by atoms with E-state index in [0.29, 0.717) is 32.4 Å². The molecule has 1 aliphatic carbocycles. The van der Waals surface area contributed by atoms with Crippen molar-refractivity contribution in [1.29, 1.82) is 5.26 Å². The van der Waals surface area contributed by atoms with Gasteiger partial charge in [-0.05, 0) is 38.5 Å². The van der Waals surface area contributed by atoms with E-state index < -0.39 is 16.1 Å². The fraction of sp³-hybridized carbons (Fsp3) is 0.882. The minimum Gasteiger partial charge on any atom is -0.325 e. The standard InChI is InChI=1S/C17H30N4O3S/c18-13-14-7-6-12-21(14)17(22)16(19)10-4-5-11-20-25(23,24)15-8-2-1-3-9-15/h14-16,20H,1-12,19H2. The maximum absolute atomic E-state index is 12.3. The predicted octanol–water partition coefficient (Wildman–Crippen LogP) is 1.25. The monoisotopic (exact) mass is 370 g/mol. The van der Waals surface area contributed by atoms with Crippen LogP contribution < -0.4 is 10.5 Å². The number of carbonyl (C=O) groups is 1. The lowest BCUT2D eigenvalue weighted by Gasteiger charge is -2.23. The highest BCUT2D eigenvalue weighted by Gasteiger charge is 2.31. The molecule has 8 heteroatoms. The minimum atomic E-state index is -3.22. The largest absolute Gasteiger partial charge is 0.325 e. The summed E-state index contributed by atoms with van der Waals surface area (Å²) >= 11 is 0. The van der Waals surface area contributed by atoms with Gasteiger partial charge in [0.15, 0.2) is 0 Å². The normalized spacial score (nSPS) is 23.4. The van der Waals surface area contributed by atoms with E-state index in [9.17, 15) is 13.2 Å². The predicted molar refractivity (Wildman–Crippen MR) is 96.0 cm³/mol. The Morgan fingerprint density at radius 1 is 1.20 bits per heavy atom. The van der Waals surface area contributed by atoms with Crippen LogP contribution in [0.3, 0.4) is 0 Å². The molecular formula is C17H30N4O3S. The lowest BCUT2D eigenvalue weighted by molar-refractivity contribution is -0.132. The number of nitrogens with zero attached hydrogens (tertiary/aromatic N) is 2. The molecule has 142 valence electrons. The van der Waals surface area contributed by atoms with Crippen molar-refractivity contribution in [2.75, 3.05) is 13.1 Å². The quantitative estimate of drug-likeness (QED) is 0.624. The number of hydrogen-bond donors (Lipinski definition) is 2. The number of likely N-dealkylation sites (tertiary alicyclic amines) is 1. The van der Waals surface area contributed by atoms with Crippen LogP contribution in [0.15, 0.2) is 0 Å². The van der Waals surface area contributed by atoms with Gasteiger partial charge in [0.1, 0.15) is 6.04 Å². The van der Waals surface area contributed by atoms with E-state index in [2.05, 4.69) is 10.8 Å². The van der Waals surface area contributed by atoms with Crippen LogP contribution in [0, 0.1) is 11.3 Å². The number of carbonyl (C=O) groups excluding carboxylic acids is 1. The molecule has 1 aliphatic heterocycles. The lowest BCUT2D eigenvalue weighted by Crippen LogP contribution is -2.45. The van der Waals surface area contributed by atoms with E-state index >= 15 is 0 Å². The van der Waals surface area contributed by atoms with E-state index in [-0.39, 0.29) is 17.2 Å². The number of hydrogen-bond acceptors (Lipinski definition) is 5. The molecule has 1 heterocycles. The third-order valence-corrected chi connectivity index (χ3v) is 7.19. The topological polar surface area (TPSA) is 116 Å². The highest BCUT2D eigenvalue weighted by molar-refractivity contribution is 7.90. The number of nitriles is 1. The summed E-state index contributed by atoms with van der Waals surface area (Å²) in [6, 6.07) is 1.19. The van der Waals surface area contributed by atoms with Crippen LogP contribution in [-0.4, -0.2) is 49.6 Å². The highest BCUT2D eigenvalue weighted by atomic mass is 32.2. The first-order valence-electron chi connectivity index (χ1n) is 9.40. The summed E-state index contributed by atoms with van der Waals surface area (Å²) in [4.78, 5) is 13.9. The van der Waals surface area contributed by atoms with Crippen molar-refractivity contribution < 1.29 is 13.2 Å². The Bertz CT molecular complexity index is 581. The molecule has 2 atom stereocenters. The Morgan fingerprint density at radius 2 is 1.92 bits per heavy atom. The maximum atomic E-state index is 12.3. The van der Waals surface area contributed by atoms with Gasteiger partial charge in [-0.3, -0.25) is 4.79 Å². The zero-order valence-electron chi connectivity index (χ0n) is 14.8. The number of sulfonamides is 1. The van der Waals surface area contributed by atoms with Gasteiger partial charge in [-0.15, -0.1) is 0 Å². The molecule has 2 unspecified atom stereocenters. The summed E-state index contributed by atoms with van der Waals surface area (Å²) in [5.74, 6) is -0.160. The molecule has 2 fully saturated rings. The maximum Gasteiger partial charge on any atom is 0.240 e. The molecule has 2 aliphatic rings. The van der Waals surface area contributed by atoms with Gasteiger partial charge in [-0.2, -0.15) is 5.26 Å². The Morgan fingerprint density at radius 3 is 2.60 bits per heavy atom. The van der Waals surface area contributed by atoms with Crippen molar-refractivity contribution in [2.24, 2.45) is 5.73 Å². The molecule has 0 aromatic rings. The highest BCUT2D eigenvalue weighted by Crippen LogP contribution is 2.23. The molecule has 2 rings (SSSR count). The van der Waals surface area contributed by atoms with Crippen LogP contribution in [0.2, 0.25) is 0 Å². The zero-order valence-corrected chi connectivity index (χ0v) is 15.6. The number of rotatable bonds is 8. The SMILES string of the molecule is N#CC1CCCN1C(=O)C(N)CCCCNS(=O)(=O)C1CCCCC1. The summed E-state index contributed by atoms with van der Waals surface area (Å²) in [5, 5.41) is 8.80. The van der Waals surface area contributed by atoms with Crippen molar-refractivity contribution in [2.45, 2.75) is 81.5 Å². The average Bonchev–Trinajstić information content (AvgIpc) is 3.10. The van der Waals surface area contributed by atoms with Crippen molar-refractivity contribution >= 4 is 15.9 Å². The van der Waals surface area contributed by atoms with E-state index in [1.54, 1.807) is 4.90 Å². The molecular weight excluding hydrogens is 340 g/mol. The summed E-state index contributed by atoms with van der Waals surface area (Å²) in [7, 11) is -3.22. The first-order valence-corrected chi connectivity index (χ1v) is 10.9. The summed E-state index contributed by atoms with van der Waals surface area (Å²) < 4.78 is 27.1. The smallest absolute Gasteiger partial charge is 0.240 e. The second-order valence-electron chi connectivity index (χ2n) is 7.12. The fourth-order valence-corrected chi connectivity index (χ4v) is 5.32. The van der Waals surface area contributed by atoms with Gasteiger partial charge in [0.2, 0.25) is 15.9 Å². The van der Waals surface area contributed by atoms with E-state index in [4.69, 9.17) is 11.0 Å². The van der Waals surface area contributed by atoms with Crippen LogP contribution >= 0.6 is 0 Å². The van der Waals surface area contributed by atoms with E-state index in [1.807, 2.05) is 0 Å². The Balaban J connectivity index is 1.65. The van der Waals surface area contributed by atoms with Gasteiger partial charge in [-0.25, -0.2) is 13.1 Å². The van der Waals surface area contributed by atoms with Crippen molar-refractivity contribution in [3.05, 3.63) is 0 Å². The first kappa shape index (κ1) is 20.1. The molecule has 7 nitrogen and oxygen atoms in total. The Kier molecular flexibility index (Phi) is 7.66. The van der Waals surface area contributed by atoms with Crippen LogP contribution in [0.4, 0.5) is 0 Å². The Hall–Kier alpha value is -1.17. The second kappa shape index (κ2) is 9.51. The second-order valence-corrected chi connectivity index (χ2v) is 9.17. The molecule has 1 saturated heterocycles. The molecule has 0 aromatic heterocycles. The van der Waals surface area contributed by atoms with E-state index in [1.165, 1.54) is 0 Å². The number of unbranched alkanes of at least 4 members (excludes halogenated alkanes) is 1. The number of nitrogens with two attached hydrogens (primary N) is 1. The van der Waals surface area contributed by atoms with Crippen LogP contribution in [0.5, 0.6) is 0 Å². The lowest BCUT2D eigenvalue weighted by atomic mass is 10.0. The fourth-order valence-electron chi connectivity index (χ4n) is 3.70. The van der Waals surface area contributed by atoms with Crippen LogP contribution in [0.1, 0.15) is 64.2 Å². The summed E-state index contributed by atoms with van der Waals surface area (Å²) in [5.41, 5.74) is 5.96. The molecule has 1 saturated carbocycles. The van der Waals surface area contributed by atoms with Gasteiger partial charge in [-0.1, -0.05) is 25.7 Å². The molecule has 0 radical (unpaired) electrons. The number of amides is 1. The van der Waals surface area contributed by atoms with Gasteiger partial charge in [0, 0.05) is 13.1 Å². The third-order valence-electron chi connectivity index (χ3n) is 5.24. The van der Waals surface area contributed by atoms with Crippen LogP contribution in [-0.2, 0) is 14.8 Å². The molecule has 3 N–H and O–H groups in total. The average molecular weight is 371 g/mol. The molecule has 0 aromatic carbocycles. The van der Waals surface area contributed by atoms with Gasteiger partial charge in [0.05, 0.1) is 17.4 Å². The molecule has 1 amide bonds. The molecule has 0 spiro atoms. The van der Waals surface area contributed by atoms with Gasteiger partial charge in [0.25, 0.3) is 0 Å². The number of nitrogens with one attached hydrogen (secondary N) is 1. The van der Waals surface area contributed by atoms with Gasteiger partial charge < -0.3 is 10.6 Å². The first-order chi connectivity index (χ1) is 12.0. The Labute approximate surface area is 151 Å². The zero-order chi connectivity index (χ0) is 18.3. The van der Waals surface area contributed by atoms with E-state index in [0.717, 1.165) is 44.9 Å². The third kappa shape index (κ3) is 5.66. The summed E-state index contributed by atoms with van der Waals surface area (Å²) in [6.45, 7) is 0.996.